The molecule has 4 rings (SSSR count). The van der Waals surface area contributed by atoms with Gasteiger partial charge in [0, 0.05) is 10.4 Å². The van der Waals surface area contributed by atoms with E-state index in [0.29, 0.717) is 17.4 Å². The minimum atomic E-state index is -2.88. The van der Waals surface area contributed by atoms with Gasteiger partial charge in [0.25, 0.3) is 5.91 Å². The van der Waals surface area contributed by atoms with E-state index in [1.54, 1.807) is 23.0 Å². The Hall–Kier alpha value is -3.66. The van der Waals surface area contributed by atoms with E-state index in [9.17, 15) is 13.6 Å². The molecule has 31 heavy (non-hydrogen) atoms. The number of benzene rings is 2. The van der Waals surface area contributed by atoms with Crippen molar-refractivity contribution < 1.29 is 18.3 Å². The smallest absolute Gasteiger partial charge is 0.387 e. The molecule has 0 saturated heterocycles. The van der Waals surface area contributed by atoms with E-state index < -0.39 is 12.5 Å². The lowest BCUT2D eigenvalue weighted by atomic mass is 10.1. The van der Waals surface area contributed by atoms with Crippen LogP contribution in [0.1, 0.15) is 20.9 Å². The summed E-state index contributed by atoms with van der Waals surface area (Å²) >= 11 is 1.31. The molecule has 0 bridgehead atoms. The number of aromatic nitrogens is 4. The lowest BCUT2D eigenvalue weighted by molar-refractivity contribution is -0.0498. The van der Waals surface area contributed by atoms with E-state index >= 15 is 0 Å². The molecule has 1 N–H and O–H groups in total. The van der Waals surface area contributed by atoms with Crippen molar-refractivity contribution in [2.75, 3.05) is 5.32 Å². The van der Waals surface area contributed by atoms with E-state index in [4.69, 9.17) is 0 Å². The fourth-order valence-electron chi connectivity index (χ4n) is 2.92. The van der Waals surface area contributed by atoms with Crippen LogP contribution in [0.3, 0.4) is 0 Å². The molecular formula is C21H17F2N5O2S. The second kappa shape index (κ2) is 9.00. The Bertz CT molecular complexity index is 1180. The Morgan fingerprint density at radius 1 is 1.16 bits per heavy atom. The molecule has 0 aliphatic heterocycles. The van der Waals surface area contributed by atoms with Gasteiger partial charge in [-0.1, -0.05) is 35.5 Å². The molecule has 158 valence electrons. The number of ether oxygens (including phenoxy) is 1. The zero-order chi connectivity index (χ0) is 21.8. The van der Waals surface area contributed by atoms with Gasteiger partial charge in [0.1, 0.15) is 5.75 Å². The number of nitrogens with one attached hydrogen (secondary N) is 1. The zero-order valence-electron chi connectivity index (χ0n) is 16.3. The van der Waals surface area contributed by atoms with Crippen molar-refractivity contribution in [1.82, 2.24) is 20.0 Å². The standard InChI is InChI=1S/C21H17F2N5O2S/c1-13-18(15-7-9-16(10-8-15)30-20(22)23)24-21(31-13)25-19(29)17-12-28(27-26-17)11-14-5-3-2-4-6-14/h2-10,12,20H,11H2,1H3,(H,24,25,29). The first kappa shape index (κ1) is 20.6. The molecule has 0 aliphatic carbocycles. The summed E-state index contributed by atoms with van der Waals surface area (Å²) in [6.45, 7) is -0.505. The minimum Gasteiger partial charge on any atom is -0.435 e. The third-order valence-electron chi connectivity index (χ3n) is 4.33. The quantitative estimate of drug-likeness (QED) is 0.453. The number of hydrogen-bond donors (Lipinski definition) is 1. The van der Waals surface area contributed by atoms with Gasteiger partial charge in [0.2, 0.25) is 0 Å². The van der Waals surface area contributed by atoms with Crippen LogP contribution in [0, 0.1) is 6.92 Å². The molecule has 0 saturated carbocycles. The highest BCUT2D eigenvalue weighted by atomic mass is 32.1. The Labute approximate surface area is 180 Å². The summed E-state index contributed by atoms with van der Waals surface area (Å²) in [5.74, 6) is -0.348. The van der Waals surface area contributed by atoms with Crippen LogP contribution in [0.5, 0.6) is 5.75 Å². The summed E-state index contributed by atoms with van der Waals surface area (Å²) < 4.78 is 30.5. The molecule has 0 spiro atoms. The summed E-state index contributed by atoms with van der Waals surface area (Å²) in [5.41, 5.74) is 2.60. The van der Waals surface area contributed by atoms with Crippen molar-refractivity contribution in [3.63, 3.8) is 0 Å². The Morgan fingerprint density at radius 3 is 2.61 bits per heavy atom. The van der Waals surface area contributed by atoms with Gasteiger partial charge >= 0.3 is 6.61 Å². The first-order valence-electron chi connectivity index (χ1n) is 9.26. The van der Waals surface area contributed by atoms with Crippen molar-refractivity contribution in [3.05, 3.63) is 76.9 Å². The Kier molecular flexibility index (Phi) is 5.99. The van der Waals surface area contributed by atoms with Crippen molar-refractivity contribution in [3.8, 4) is 17.0 Å². The molecule has 2 aromatic heterocycles. The summed E-state index contributed by atoms with van der Waals surface area (Å²) in [6, 6.07) is 15.9. The van der Waals surface area contributed by atoms with E-state index in [2.05, 4.69) is 25.3 Å². The van der Waals surface area contributed by atoms with Crippen molar-refractivity contribution in [2.24, 2.45) is 0 Å². The van der Waals surface area contributed by atoms with Crippen LogP contribution in [0.15, 0.2) is 60.8 Å². The number of halogens is 2. The highest BCUT2D eigenvalue weighted by Gasteiger charge is 2.16. The van der Waals surface area contributed by atoms with E-state index in [-0.39, 0.29) is 11.4 Å². The molecule has 4 aromatic rings. The average Bonchev–Trinajstić information content (AvgIpc) is 3.35. The lowest BCUT2D eigenvalue weighted by Gasteiger charge is -2.05. The SMILES string of the molecule is Cc1sc(NC(=O)c2cn(Cc3ccccc3)nn2)nc1-c1ccc(OC(F)F)cc1. The molecule has 2 heterocycles. The van der Waals surface area contributed by atoms with Crippen LogP contribution in [0.4, 0.5) is 13.9 Å². The number of rotatable bonds is 7. The molecule has 10 heteroatoms. The topological polar surface area (TPSA) is 81.9 Å². The van der Waals surface area contributed by atoms with E-state index in [1.165, 1.54) is 23.5 Å². The number of nitrogens with zero attached hydrogens (tertiary/aromatic N) is 4. The van der Waals surface area contributed by atoms with Gasteiger partial charge in [0.15, 0.2) is 10.8 Å². The average molecular weight is 441 g/mol. The van der Waals surface area contributed by atoms with Gasteiger partial charge < -0.3 is 4.74 Å². The maximum absolute atomic E-state index is 12.5. The molecule has 0 radical (unpaired) electrons. The van der Waals surface area contributed by atoms with E-state index in [1.807, 2.05) is 37.3 Å². The normalized spacial score (nSPS) is 11.0. The number of carbonyl (C=O) groups is 1. The molecule has 1 amide bonds. The largest absolute Gasteiger partial charge is 0.435 e. The molecule has 7 nitrogen and oxygen atoms in total. The lowest BCUT2D eigenvalue weighted by Crippen LogP contribution is -2.12. The van der Waals surface area contributed by atoms with E-state index in [0.717, 1.165) is 16.0 Å². The van der Waals surface area contributed by atoms with Gasteiger partial charge in [-0.05, 0) is 36.8 Å². The van der Waals surface area contributed by atoms with Gasteiger partial charge in [-0.25, -0.2) is 9.67 Å². The number of carbonyl (C=O) groups excluding carboxylic acids is 1. The Balaban J connectivity index is 1.44. The number of aryl methyl sites for hydroxylation is 1. The minimum absolute atomic E-state index is 0.0683. The van der Waals surface area contributed by atoms with Crippen LogP contribution >= 0.6 is 11.3 Å². The van der Waals surface area contributed by atoms with Crippen LogP contribution in [0.25, 0.3) is 11.3 Å². The molecule has 0 atom stereocenters. The third kappa shape index (κ3) is 5.10. The van der Waals surface area contributed by atoms with Gasteiger partial charge in [-0.3, -0.25) is 10.1 Å². The summed E-state index contributed by atoms with van der Waals surface area (Å²) in [4.78, 5) is 17.9. The fourth-order valence-corrected chi connectivity index (χ4v) is 3.75. The van der Waals surface area contributed by atoms with Crippen molar-refractivity contribution in [1.29, 1.82) is 0 Å². The Morgan fingerprint density at radius 2 is 1.90 bits per heavy atom. The summed E-state index contributed by atoms with van der Waals surface area (Å²) in [7, 11) is 0. The zero-order valence-corrected chi connectivity index (χ0v) is 17.1. The predicted molar refractivity (Wildman–Crippen MR) is 112 cm³/mol. The van der Waals surface area contributed by atoms with Crippen LogP contribution < -0.4 is 10.1 Å². The van der Waals surface area contributed by atoms with Gasteiger partial charge in [-0.2, -0.15) is 8.78 Å². The van der Waals surface area contributed by atoms with Crippen LogP contribution in [0.2, 0.25) is 0 Å². The maximum Gasteiger partial charge on any atom is 0.387 e. The van der Waals surface area contributed by atoms with Crippen molar-refractivity contribution in [2.45, 2.75) is 20.1 Å². The molecule has 2 aromatic carbocycles. The number of hydrogen-bond acceptors (Lipinski definition) is 6. The van der Waals surface area contributed by atoms with Crippen LogP contribution in [-0.2, 0) is 6.54 Å². The van der Waals surface area contributed by atoms with Crippen LogP contribution in [-0.4, -0.2) is 32.5 Å². The number of thiazole rings is 1. The first-order valence-corrected chi connectivity index (χ1v) is 10.1. The highest BCUT2D eigenvalue weighted by Crippen LogP contribution is 2.31. The maximum atomic E-state index is 12.5. The number of anilines is 1. The molecule has 0 aliphatic rings. The second-order valence-electron chi connectivity index (χ2n) is 6.57. The summed E-state index contributed by atoms with van der Waals surface area (Å²) in [6.07, 6.45) is 1.57. The fraction of sp³-hybridized carbons (Fsp3) is 0.143. The van der Waals surface area contributed by atoms with Gasteiger partial charge in [-0.15, -0.1) is 16.4 Å². The molecule has 0 unspecified atom stereocenters. The third-order valence-corrected chi connectivity index (χ3v) is 5.21. The van der Waals surface area contributed by atoms with Crippen molar-refractivity contribution >= 4 is 22.4 Å². The van der Waals surface area contributed by atoms with Gasteiger partial charge in [0.05, 0.1) is 18.4 Å². The molecule has 0 fully saturated rings. The highest BCUT2D eigenvalue weighted by molar-refractivity contribution is 7.16. The first-order chi connectivity index (χ1) is 15.0. The molecular weight excluding hydrogens is 424 g/mol. The predicted octanol–water partition coefficient (Wildman–Crippen LogP) is 4.61. The summed E-state index contributed by atoms with van der Waals surface area (Å²) in [5, 5.41) is 11.1. The number of amides is 1. The second-order valence-corrected chi connectivity index (χ2v) is 7.77. The monoisotopic (exact) mass is 441 g/mol. The number of alkyl halides is 2.